The molecule has 26 heavy (non-hydrogen) atoms. The number of halogens is 1. The van der Waals surface area contributed by atoms with Crippen molar-refractivity contribution in [1.82, 2.24) is 9.55 Å². The second-order valence-corrected chi connectivity index (χ2v) is 6.66. The molecule has 9 heteroatoms. The normalized spacial score (nSPS) is 14.9. The van der Waals surface area contributed by atoms with Gasteiger partial charge in [-0.1, -0.05) is 22.0 Å². The van der Waals surface area contributed by atoms with Crippen LogP contribution in [0, 0.1) is 10.2 Å². The van der Waals surface area contributed by atoms with Crippen molar-refractivity contribution in [3.05, 3.63) is 67.2 Å². The SMILES string of the molecule is C=CCn1c(O)c(C=C2C(=N)Oc3ccc(Br)cc3C2=O)c(=O)[nH]c1=S. The summed E-state index contributed by atoms with van der Waals surface area (Å²) >= 11 is 8.29. The van der Waals surface area contributed by atoms with E-state index in [-0.39, 0.29) is 33.8 Å². The molecule has 2 aromatic rings. The van der Waals surface area contributed by atoms with E-state index in [1.54, 1.807) is 18.2 Å². The number of rotatable bonds is 3. The third-order valence-electron chi connectivity index (χ3n) is 3.69. The van der Waals surface area contributed by atoms with E-state index in [4.69, 9.17) is 22.4 Å². The van der Waals surface area contributed by atoms with Crippen LogP contribution < -0.4 is 10.3 Å². The number of aromatic amines is 1. The lowest BCUT2D eigenvalue weighted by Gasteiger charge is -2.19. The van der Waals surface area contributed by atoms with Gasteiger partial charge in [0.25, 0.3) is 5.56 Å². The molecule has 0 amide bonds. The Labute approximate surface area is 160 Å². The summed E-state index contributed by atoms with van der Waals surface area (Å²) < 4.78 is 7.29. The van der Waals surface area contributed by atoms with Gasteiger partial charge < -0.3 is 9.84 Å². The van der Waals surface area contributed by atoms with Crippen LogP contribution in [0.1, 0.15) is 15.9 Å². The van der Waals surface area contributed by atoms with E-state index in [9.17, 15) is 14.7 Å². The lowest BCUT2D eigenvalue weighted by atomic mass is 9.98. The highest BCUT2D eigenvalue weighted by Crippen LogP contribution is 2.31. The fourth-order valence-electron chi connectivity index (χ4n) is 2.46. The molecule has 1 aliphatic rings. The molecule has 0 fully saturated rings. The Balaban J connectivity index is 2.19. The third-order valence-corrected chi connectivity index (χ3v) is 4.51. The van der Waals surface area contributed by atoms with Gasteiger partial charge in [-0.3, -0.25) is 24.5 Å². The molecule has 3 rings (SSSR count). The predicted octanol–water partition coefficient (Wildman–Crippen LogP) is 3.20. The number of nitrogens with zero attached hydrogens (tertiary/aromatic N) is 1. The average molecular weight is 434 g/mol. The van der Waals surface area contributed by atoms with E-state index in [1.165, 1.54) is 10.6 Å². The Morgan fingerprint density at radius 2 is 2.15 bits per heavy atom. The minimum Gasteiger partial charge on any atom is -0.494 e. The minimum absolute atomic E-state index is 0.0186. The Morgan fingerprint density at radius 3 is 2.85 bits per heavy atom. The second kappa shape index (κ2) is 6.85. The quantitative estimate of drug-likeness (QED) is 0.391. The number of Topliss-reactive ketones (excluding diaryl/α,β-unsaturated/α-hetero) is 1. The Bertz CT molecular complexity index is 1110. The van der Waals surface area contributed by atoms with Crippen LogP contribution >= 0.6 is 28.1 Å². The first kappa shape index (κ1) is 18.0. The molecule has 0 saturated carbocycles. The lowest BCUT2D eigenvalue weighted by Crippen LogP contribution is -2.25. The van der Waals surface area contributed by atoms with Crippen molar-refractivity contribution in [3.8, 4) is 11.6 Å². The third kappa shape index (κ3) is 3.06. The molecule has 0 radical (unpaired) electrons. The van der Waals surface area contributed by atoms with E-state index in [2.05, 4.69) is 27.5 Å². The number of nitrogens with one attached hydrogen (secondary N) is 2. The van der Waals surface area contributed by atoms with Crippen molar-refractivity contribution >= 4 is 45.9 Å². The summed E-state index contributed by atoms with van der Waals surface area (Å²) in [6.45, 7) is 3.73. The Kier molecular flexibility index (Phi) is 4.75. The number of fused-ring (bicyclic) bond motifs is 1. The van der Waals surface area contributed by atoms with Gasteiger partial charge in [-0.05, 0) is 36.5 Å². The van der Waals surface area contributed by atoms with Crippen molar-refractivity contribution in [1.29, 1.82) is 5.41 Å². The fourth-order valence-corrected chi connectivity index (χ4v) is 3.08. The molecule has 1 aromatic carbocycles. The van der Waals surface area contributed by atoms with Gasteiger partial charge in [0, 0.05) is 11.0 Å². The zero-order chi connectivity index (χ0) is 19.0. The summed E-state index contributed by atoms with van der Waals surface area (Å²) in [5, 5.41) is 18.3. The molecule has 2 heterocycles. The number of hydrogen-bond acceptors (Lipinski definition) is 6. The van der Waals surface area contributed by atoms with E-state index in [0.717, 1.165) is 6.08 Å². The lowest BCUT2D eigenvalue weighted by molar-refractivity contribution is 0.103. The molecular formula is C17H12BrN3O4S. The number of ether oxygens (including phenoxy) is 1. The molecule has 0 unspecified atom stereocenters. The van der Waals surface area contributed by atoms with Gasteiger partial charge in [0.15, 0.2) is 4.77 Å². The summed E-state index contributed by atoms with van der Waals surface area (Å²) in [6, 6.07) is 4.81. The first-order valence-corrected chi connectivity index (χ1v) is 8.53. The number of aromatic nitrogens is 2. The van der Waals surface area contributed by atoms with Gasteiger partial charge >= 0.3 is 0 Å². The maximum absolute atomic E-state index is 12.7. The number of hydrogen-bond donors (Lipinski definition) is 3. The molecule has 7 nitrogen and oxygen atoms in total. The summed E-state index contributed by atoms with van der Waals surface area (Å²) in [4.78, 5) is 27.4. The first-order chi connectivity index (χ1) is 12.3. The first-order valence-electron chi connectivity index (χ1n) is 7.33. The highest BCUT2D eigenvalue weighted by atomic mass is 79.9. The Hall–Kier alpha value is -2.78. The molecule has 1 aromatic heterocycles. The van der Waals surface area contributed by atoms with Gasteiger partial charge in [-0.15, -0.1) is 6.58 Å². The largest absolute Gasteiger partial charge is 0.494 e. The smallest absolute Gasteiger partial charge is 0.262 e. The van der Waals surface area contributed by atoms with Crippen LogP contribution in [-0.2, 0) is 6.54 Å². The zero-order valence-electron chi connectivity index (χ0n) is 13.2. The van der Waals surface area contributed by atoms with Crippen LogP contribution in [-0.4, -0.2) is 26.3 Å². The molecule has 0 atom stereocenters. The van der Waals surface area contributed by atoms with E-state index in [0.29, 0.717) is 4.47 Å². The number of ketones is 1. The average Bonchev–Trinajstić information content (AvgIpc) is 2.58. The van der Waals surface area contributed by atoms with Gasteiger partial charge in [0.1, 0.15) is 11.3 Å². The number of H-pyrrole nitrogens is 1. The maximum atomic E-state index is 12.7. The van der Waals surface area contributed by atoms with Crippen LogP contribution in [0.3, 0.4) is 0 Å². The molecular weight excluding hydrogens is 422 g/mol. The molecule has 1 aliphatic heterocycles. The Morgan fingerprint density at radius 1 is 1.42 bits per heavy atom. The summed E-state index contributed by atoms with van der Waals surface area (Å²) in [7, 11) is 0. The van der Waals surface area contributed by atoms with Crippen LogP contribution in [0.4, 0.5) is 0 Å². The van der Waals surface area contributed by atoms with E-state index < -0.39 is 23.1 Å². The summed E-state index contributed by atoms with van der Waals surface area (Å²) in [6.07, 6.45) is 2.62. The molecule has 3 N–H and O–H groups in total. The fraction of sp³-hybridized carbons (Fsp3) is 0.0588. The van der Waals surface area contributed by atoms with Crippen LogP contribution in [0.25, 0.3) is 6.08 Å². The van der Waals surface area contributed by atoms with Crippen molar-refractivity contribution in [2.45, 2.75) is 6.54 Å². The summed E-state index contributed by atoms with van der Waals surface area (Å²) in [5.41, 5.74) is -0.786. The summed E-state index contributed by atoms with van der Waals surface area (Å²) in [5.74, 6) is -1.08. The molecule has 0 spiro atoms. The minimum atomic E-state index is -0.680. The number of carbonyl (C=O) groups excluding carboxylic acids is 1. The van der Waals surface area contributed by atoms with Crippen molar-refractivity contribution in [3.63, 3.8) is 0 Å². The van der Waals surface area contributed by atoms with Gasteiger partial charge in [0.2, 0.25) is 17.6 Å². The van der Waals surface area contributed by atoms with Gasteiger partial charge in [0.05, 0.1) is 11.1 Å². The molecule has 132 valence electrons. The van der Waals surface area contributed by atoms with E-state index >= 15 is 0 Å². The maximum Gasteiger partial charge on any atom is 0.262 e. The number of allylic oxidation sites excluding steroid dienone is 1. The van der Waals surface area contributed by atoms with Gasteiger partial charge in [-0.2, -0.15) is 0 Å². The number of carbonyl (C=O) groups is 1. The molecule has 0 saturated heterocycles. The second-order valence-electron chi connectivity index (χ2n) is 5.35. The monoisotopic (exact) mass is 433 g/mol. The van der Waals surface area contributed by atoms with Crippen LogP contribution in [0.2, 0.25) is 0 Å². The topological polar surface area (TPSA) is 108 Å². The predicted molar refractivity (Wildman–Crippen MR) is 103 cm³/mol. The van der Waals surface area contributed by atoms with E-state index in [1.807, 2.05) is 0 Å². The highest BCUT2D eigenvalue weighted by molar-refractivity contribution is 9.10. The molecule has 0 aliphatic carbocycles. The standard InChI is InChI=1S/C17H12BrN3O4S/c1-2-5-21-16(24)11(15(23)20-17(21)26)7-10-13(22)9-6-8(18)3-4-12(9)25-14(10)19/h2-4,6-7,19,24H,1,5H2,(H,20,23,26). The highest BCUT2D eigenvalue weighted by Gasteiger charge is 2.29. The molecule has 0 bridgehead atoms. The number of aromatic hydroxyl groups is 1. The van der Waals surface area contributed by atoms with Gasteiger partial charge in [-0.25, -0.2) is 0 Å². The van der Waals surface area contributed by atoms with Crippen molar-refractivity contribution in [2.75, 3.05) is 0 Å². The number of benzene rings is 1. The van der Waals surface area contributed by atoms with Crippen molar-refractivity contribution < 1.29 is 14.6 Å². The van der Waals surface area contributed by atoms with Crippen LogP contribution in [0.5, 0.6) is 11.6 Å². The van der Waals surface area contributed by atoms with Crippen LogP contribution in [0.15, 0.2) is 45.7 Å². The zero-order valence-corrected chi connectivity index (χ0v) is 15.6. The van der Waals surface area contributed by atoms with Crippen molar-refractivity contribution in [2.24, 2.45) is 0 Å².